The molecule has 1 aliphatic heterocycles. The van der Waals surface area contributed by atoms with Crippen LogP contribution in [0.2, 0.25) is 0 Å². The molecule has 0 spiro atoms. The van der Waals surface area contributed by atoms with Crippen molar-refractivity contribution in [3.63, 3.8) is 0 Å². The van der Waals surface area contributed by atoms with E-state index >= 15 is 0 Å². The van der Waals surface area contributed by atoms with Gasteiger partial charge in [0.05, 0.1) is 6.61 Å². The second-order valence-corrected chi connectivity index (χ2v) is 5.68. The molecular weight excluding hydrogens is 272 g/mol. The van der Waals surface area contributed by atoms with Crippen LogP contribution in [0.1, 0.15) is 18.1 Å². The molecule has 0 saturated carbocycles. The smallest absolute Gasteiger partial charge is 0.347 e. The quantitative estimate of drug-likeness (QED) is 0.654. The molecule has 19 heavy (non-hydrogen) atoms. The highest BCUT2D eigenvalue weighted by Gasteiger charge is 2.30. The Balaban J connectivity index is 2.14. The lowest BCUT2D eigenvalue weighted by molar-refractivity contribution is -0.150. The average Bonchev–Trinajstić information content (AvgIpc) is 2.70. The molecule has 6 nitrogen and oxygen atoms in total. The summed E-state index contributed by atoms with van der Waals surface area (Å²) in [6, 6.07) is 4.75. The molecule has 1 aliphatic rings. The molecule has 0 amide bonds. The van der Waals surface area contributed by atoms with Crippen LogP contribution in [0, 0.1) is 0 Å². The topological polar surface area (TPSA) is 89.9 Å². The third-order valence-electron chi connectivity index (χ3n) is 2.70. The van der Waals surface area contributed by atoms with Crippen molar-refractivity contribution in [2.45, 2.75) is 25.2 Å². The summed E-state index contributed by atoms with van der Waals surface area (Å²) in [5.74, 6) is -0.350. The van der Waals surface area contributed by atoms with E-state index in [0.717, 1.165) is 5.56 Å². The van der Waals surface area contributed by atoms with Gasteiger partial charge in [0, 0.05) is 6.42 Å². The van der Waals surface area contributed by atoms with Crippen LogP contribution < -0.4 is 4.74 Å². The van der Waals surface area contributed by atoms with E-state index in [0.29, 0.717) is 17.7 Å². The highest BCUT2D eigenvalue weighted by molar-refractivity contribution is 7.85. The molecule has 1 heterocycles. The fourth-order valence-corrected chi connectivity index (χ4v) is 2.57. The molecule has 1 atom stereocenters. The van der Waals surface area contributed by atoms with Gasteiger partial charge in [0.1, 0.15) is 11.5 Å². The lowest BCUT2D eigenvalue weighted by Gasteiger charge is -2.08. The first-order valence-electron chi connectivity index (χ1n) is 5.79. The molecule has 0 fully saturated rings. The first-order valence-corrected chi connectivity index (χ1v) is 7.40. The number of hydrogen-bond donors (Lipinski definition) is 1. The van der Waals surface area contributed by atoms with Crippen LogP contribution >= 0.6 is 0 Å². The minimum absolute atomic E-state index is 0.281. The molecule has 2 rings (SSSR count). The maximum atomic E-state index is 11.5. The van der Waals surface area contributed by atoms with Crippen molar-refractivity contribution < 1.29 is 27.2 Å². The monoisotopic (exact) mass is 286 g/mol. The van der Waals surface area contributed by atoms with Crippen LogP contribution in [-0.2, 0) is 31.8 Å². The lowest BCUT2D eigenvalue weighted by Crippen LogP contribution is -2.27. The number of ether oxygens (including phenoxy) is 2. The maximum absolute atomic E-state index is 11.5. The summed E-state index contributed by atoms with van der Waals surface area (Å²) in [7, 11) is -4.07. The Hall–Kier alpha value is -1.60. The van der Waals surface area contributed by atoms with E-state index in [1.807, 2.05) is 0 Å². The van der Waals surface area contributed by atoms with Crippen LogP contribution in [0.25, 0.3) is 0 Å². The third-order valence-corrected chi connectivity index (χ3v) is 3.40. The molecule has 1 N–H and O–H groups in total. The van der Waals surface area contributed by atoms with Gasteiger partial charge in [0.25, 0.3) is 10.1 Å². The van der Waals surface area contributed by atoms with Crippen molar-refractivity contribution in [2.75, 3.05) is 6.61 Å². The molecule has 104 valence electrons. The summed E-state index contributed by atoms with van der Waals surface area (Å²) >= 11 is 0. The van der Waals surface area contributed by atoms with Crippen LogP contribution in [0.4, 0.5) is 0 Å². The van der Waals surface area contributed by atoms with Gasteiger partial charge in [-0.1, -0.05) is 12.1 Å². The molecule has 1 aromatic rings. The van der Waals surface area contributed by atoms with Crippen molar-refractivity contribution in [2.24, 2.45) is 0 Å². The first kappa shape index (κ1) is 13.8. The molecule has 7 heteroatoms. The van der Waals surface area contributed by atoms with Crippen molar-refractivity contribution in [3.05, 3.63) is 29.3 Å². The Morgan fingerprint density at radius 1 is 1.53 bits per heavy atom. The highest BCUT2D eigenvalue weighted by Crippen LogP contribution is 2.30. The Morgan fingerprint density at radius 2 is 2.26 bits per heavy atom. The van der Waals surface area contributed by atoms with E-state index < -0.39 is 27.9 Å². The number of carbonyl (C=O) groups excluding carboxylic acids is 1. The zero-order valence-corrected chi connectivity index (χ0v) is 11.1. The van der Waals surface area contributed by atoms with Crippen LogP contribution in [0.15, 0.2) is 18.2 Å². The minimum Gasteiger partial charge on any atom is -0.478 e. The minimum atomic E-state index is -4.07. The van der Waals surface area contributed by atoms with E-state index in [2.05, 4.69) is 0 Å². The fraction of sp³-hybridized carbons (Fsp3) is 0.417. The van der Waals surface area contributed by atoms with E-state index in [-0.39, 0.29) is 6.61 Å². The predicted octanol–water partition coefficient (Wildman–Crippen LogP) is 0.941. The van der Waals surface area contributed by atoms with Gasteiger partial charge in [-0.05, 0) is 24.1 Å². The lowest BCUT2D eigenvalue weighted by atomic mass is 10.1. The molecule has 0 aliphatic carbocycles. The highest BCUT2D eigenvalue weighted by atomic mass is 32.2. The van der Waals surface area contributed by atoms with Gasteiger partial charge in [-0.25, -0.2) is 4.79 Å². The fourth-order valence-electron chi connectivity index (χ4n) is 1.97. The van der Waals surface area contributed by atoms with E-state index in [1.165, 1.54) is 0 Å². The summed E-state index contributed by atoms with van der Waals surface area (Å²) in [6.45, 7) is 1.99. The molecular formula is C12H14O6S. The summed E-state index contributed by atoms with van der Waals surface area (Å²) in [6.07, 6.45) is -0.344. The largest absolute Gasteiger partial charge is 0.478 e. The van der Waals surface area contributed by atoms with E-state index in [4.69, 9.17) is 14.0 Å². The number of carbonyl (C=O) groups is 1. The second kappa shape index (κ2) is 5.18. The number of esters is 1. The van der Waals surface area contributed by atoms with Gasteiger partial charge in [-0.2, -0.15) is 8.42 Å². The Kier molecular flexibility index (Phi) is 3.77. The first-order chi connectivity index (χ1) is 8.89. The molecule has 1 unspecified atom stereocenters. The van der Waals surface area contributed by atoms with E-state index in [9.17, 15) is 13.2 Å². The molecule has 0 aromatic heterocycles. The summed E-state index contributed by atoms with van der Waals surface area (Å²) < 4.78 is 40.7. The van der Waals surface area contributed by atoms with Crippen LogP contribution in [0.3, 0.4) is 0 Å². The molecule has 0 bridgehead atoms. The van der Waals surface area contributed by atoms with Crippen molar-refractivity contribution in [1.82, 2.24) is 0 Å². The second-order valence-electron chi connectivity index (χ2n) is 4.23. The molecule has 0 saturated heterocycles. The molecule has 0 radical (unpaired) electrons. The zero-order chi connectivity index (χ0) is 14.0. The Bertz CT molecular complexity index is 592. The van der Waals surface area contributed by atoms with Gasteiger partial charge >= 0.3 is 5.97 Å². The standard InChI is InChI=1S/C12H14O6S/c1-2-17-12(13)11-6-9-5-8(7-19(14,15)16)3-4-10(9)18-11/h3-5,11H,2,6-7H2,1H3,(H,14,15,16). The van der Waals surface area contributed by atoms with Crippen molar-refractivity contribution in [1.29, 1.82) is 0 Å². The van der Waals surface area contributed by atoms with Crippen LogP contribution in [-0.4, -0.2) is 31.7 Å². The van der Waals surface area contributed by atoms with Crippen LogP contribution in [0.5, 0.6) is 5.75 Å². The van der Waals surface area contributed by atoms with Crippen molar-refractivity contribution >= 4 is 16.1 Å². The van der Waals surface area contributed by atoms with Gasteiger partial charge in [0.2, 0.25) is 0 Å². The normalized spacial score (nSPS) is 17.7. The average molecular weight is 286 g/mol. The number of benzene rings is 1. The van der Waals surface area contributed by atoms with E-state index in [1.54, 1.807) is 25.1 Å². The summed E-state index contributed by atoms with van der Waals surface area (Å²) in [5.41, 5.74) is 1.19. The third kappa shape index (κ3) is 3.45. The summed E-state index contributed by atoms with van der Waals surface area (Å²) in [4.78, 5) is 11.5. The summed E-state index contributed by atoms with van der Waals surface area (Å²) in [5, 5.41) is 0. The number of hydrogen-bond acceptors (Lipinski definition) is 5. The van der Waals surface area contributed by atoms with Crippen molar-refractivity contribution in [3.8, 4) is 5.75 Å². The number of rotatable bonds is 4. The molecule has 1 aromatic carbocycles. The van der Waals surface area contributed by atoms with Gasteiger partial charge in [-0.15, -0.1) is 0 Å². The maximum Gasteiger partial charge on any atom is 0.347 e. The zero-order valence-electron chi connectivity index (χ0n) is 10.3. The number of fused-ring (bicyclic) bond motifs is 1. The van der Waals surface area contributed by atoms with Gasteiger partial charge < -0.3 is 9.47 Å². The predicted molar refractivity (Wildman–Crippen MR) is 66.4 cm³/mol. The SMILES string of the molecule is CCOC(=O)C1Cc2cc(CS(=O)(=O)O)ccc2O1. The Labute approximate surface area is 111 Å². The Morgan fingerprint density at radius 3 is 2.89 bits per heavy atom. The van der Waals surface area contributed by atoms with Gasteiger partial charge in [0.15, 0.2) is 6.10 Å². The van der Waals surface area contributed by atoms with Gasteiger partial charge in [-0.3, -0.25) is 4.55 Å².